The van der Waals surface area contributed by atoms with Crippen molar-refractivity contribution in [2.45, 2.75) is 38.5 Å². The molecule has 1 aliphatic rings. The Bertz CT molecular complexity index is 1060. The van der Waals surface area contributed by atoms with Gasteiger partial charge in [0.15, 0.2) is 0 Å². The number of carbonyl (C=O) groups is 1. The molecule has 1 saturated heterocycles. The van der Waals surface area contributed by atoms with Crippen molar-refractivity contribution in [2.75, 3.05) is 27.2 Å². The molecular formula is C26H33N3O3. The van der Waals surface area contributed by atoms with Gasteiger partial charge in [-0.15, -0.1) is 0 Å². The number of nitrogens with one attached hydrogen (secondary N) is 1. The number of amides is 1. The molecule has 0 spiro atoms. The Morgan fingerprint density at radius 3 is 2.84 bits per heavy atom. The summed E-state index contributed by atoms with van der Waals surface area (Å²) in [6.07, 6.45) is 2.98. The van der Waals surface area contributed by atoms with Crippen LogP contribution >= 0.6 is 0 Å². The number of hydrogen-bond acceptors (Lipinski definition) is 4. The molecule has 0 radical (unpaired) electrons. The molecule has 0 aliphatic carbocycles. The van der Waals surface area contributed by atoms with Crippen molar-refractivity contribution in [3.05, 3.63) is 65.9 Å². The van der Waals surface area contributed by atoms with Crippen molar-refractivity contribution in [3.8, 4) is 5.75 Å². The molecule has 1 amide bonds. The van der Waals surface area contributed by atoms with Crippen LogP contribution in [-0.2, 0) is 17.8 Å². The smallest absolute Gasteiger partial charge is 0.229 e. The van der Waals surface area contributed by atoms with Crippen LogP contribution in [0.15, 0.2) is 54.7 Å². The second-order valence-corrected chi connectivity index (χ2v) is 8.82. The lowest BCUT2D eigenvalue weighted by atomic mass is 9.85. The van der Waals surface area contributed by atoms with Crippen LogP contribution in [0.1, 0.15) is 24.5 Å². The predicted octanol–water partition coefficient (Wildman–Crippen LogP) is 3.45. The fourth-order valence-corrected chi connectivity index (χ4v) is 4.97. The van der Waals surface area contributed by atoms with E-state index in [1.54, 1.807) is 14.0 Å². The van der Waals surface area contributed by atoms with E-state index in [2.05, 4.69) is 28.1 Å². The van der Waals surface area contributed by atoms with Crippen LogP contribution in [-0.4, -0.2) is 65.2 Å². The number of piperidine rings is 1. The van der Waals surface area contributed by atoms with Gasteiger partial charge in [-0.3, -0.25) is 9.69 Å². The minimum Gasteiger partial charge on any atom is -0.497 e. The molecule has 1 aliphatic heterocycles. The number of aromatic nitrogens is 1. The van der Waals surface area contributed by atoms with E-state index in [1.165, 1.54) is 10.9 Å². The molecule has 170 valence electrons. The number of likely N-dealkylation sites (tertiary alicyclic amines) is 1. The largest absolute Gasteiger partial charge is 0.497 e. The van der Waals surface area contributed by atoms with Crippen LogP contribution in [0.25, 0.3) is 10.9 Å². The maximum absolute atomic E-state index is 13.4. The first kappa shape index (κ1) is 22.4. The molecule has 1 fully saturated rings. The SMILES string of the molecule is COc1cccc(CN(C)C2CCN(CCc3c[nH]c4ccccc34)C(=O)C2C(C)O)c1. The zero-order valence-corrected chi connectivity index (χ0v) is 19.1. The van der Waals surface area contributed by atoms with Gasteiger partial charge >= 0.3 is 0 Å². The predicted molar refractivity (Wildman–Crippen MR) is 127 cm³/mol. The van der Waals surface area contributed by atoms with Gasteiger partial charge in [0.2, 0.25) is 5.91 Å². The summed E-state index contributed by atoms with van der Waals surface area (Å²) < 4.78 is 5.34. The van der Waals surface area contributed by atoms with Crippen molar-refractivity contribution in [1.82, 2.24) is 14.8 Å². The number of aromatic amines is 1. The monoisotopic (exact) mass is 435 g/mol. The molecule has 4 rings (SSSR count). The standard InChI is InChI=1S/C26H33N3O3/c1-18(30)25-24(28(2)17-19-7-6-8-21(15-19)32-3)12-14-29(26(25)31)13-11-20-16-27-23-10-5-4-9-22(20)23/h4-10,15-16,18,24-25,27,30H,11-14,17H2,1-3H3. The second kappa shape index (κ2) is 9.76. The van der Waals surface area contributed by atoms with Gasteiger partial charge in [0.25, 0.3) is 0 Å². The molecule has 2 heterocycles. The number of H-pyrrole nitrogens is 1. The van der Waals surface area contributed by atoms with E-state index in [1.807, 2.05) is 48.5 Å². The summed E-state index contributed by atoms with van der Waals surface area (Å²) in [4.78, 5) is 20.8. The van der Waals surface area contributed by atoms with E-state index < -0.39 is 12.0 Å². The summed E-state index contributed by atoms with van der Waals surface area (Å²) in [7, 11) is 3.70. The van der Waals surface area contributed by atoms with Crippen molar-refractivity contribution < 1.29 is 14.6 Å². The number of methoxy groups -OCH3 is 1. The van der Waals surface area contributed by atoms with E-state index in [9.17, 15) is 9.90 Å². The summed E-state index contributed by atoms with van der Waals surface area (Å²) >= 11 is 0. The molecule has 1 aromatic heterocycles. The molecule has 0 saturated carbocycles. The lowest BCUT2D eigenvalue weighted by Gasteiger charge is -2.43. The Balaban J connectivity index is 1.43. The van der Waals surface area contributed by atoms with Gasteiger partial charge in [-0.05, 0) is 56.1 Å². The topological polar surface area (TPSA) is 68.8 Å². The average molecular weight is 436 g/mol. The Labute approximate surface area is 189 Å². The molecule has 2 aromatic carbocycles. The maximum Gasteiger partial charge on any atom is 0.229 e. The summed E-state index contributed by atoms with van der Waals surface area (Å²) in [6, 6.07) is 16.2. The number of aliphatic hydroxyl groups excluding tert-OH is 1. The van der Waals surface area contributed by atoms with Gasteiger partial charge < -0.3 is 19.7 Å². The van der Waals surface area contributed by atoms with Gasteiger partial charge in [-0.25, -0.2) is 0 Å². The number of aliphatic hydroxyl groups is 1. The Morgan fingerprint density at radius 2 is 2.06 bits per heavy atom. The first-order valence-electron chi connectivity index (χ1n) is 11.3. The highest BCUT2D eigenvalue weighted by Crippen LogP contribution is 2.28. The number of ether oxygens (including phenoxy) is 1. The minimum absolute atomic E-state index is 0.00182. The van der Waals surface area contributed by atoms with Crippen LogP contribution in [0.4, 0.5) is 0 Å². The number of fused-ring (bicyclic) bond motifs is 1. The third-order valence-electron chi connectivity index (χ3n) is 6.68. The van der Waals surface area contributed by atoms with Crippen molar-refractivity contribution in [3.63, 3.8) is 0 Å². The van der Waals surface area contributed by atoms with Crippen molar-refractivity contribution >= 4 is 16.8 Å². The molecule has 2 N–H and O–H groups in total. The minimum atomic E-state index is -0.698. The fourth-order valence-electron chi connectivity index (χ4n) is 4.97. The van der Waals surface area contributed by atoms with E-state index >= 15 is 0 Å². The summed E-state index contributed by atoms with van der Waals surface area (Å²) in [5.41, 5.74) is 3.47. The molecule has 6 heteroatoms. The molecular weight excluding hydrogens is 402 g/mol. The number of hydrogen-bond donors (Lipinski definition) is 2. The van der Waals surface area contributed by atoms with E-state index in [-0.39, 0.29) is 11.9 Å². The average Bonchev–Trinajstić information content (AvgIpc) is 3.21. The van der Waals surface area contributed by atoms with Gasteiger partial charge in [0.05, 0.1) is 19.1 Å². The fraction of sp³-hybridized carbons (Fsp3) is 0.423. The molecule has 3 aromatic rings. The Kier molecular flexibility index (Phi) is 6.82. The molecule has 3 atom stereocenters. The molecule has 6 nitrogen and oxygen atoms in total. The lowest BCUT2D eigenvalue weighted by Crippen LogP contribution is -2.56. The number of carbonyl (C=O) groups excluding carboxylic acids is 1. The van der Waals surface area contributed by atoms with Crippen LogP contribution in [0, 0.1) is 5.92 Å². The first-order valence-corrected chi connectivity index (χ1v) is 11.3. The van der Waals surface area contributed by atoms with Crippen LogP contribution in [0.2, 0.25) is 0 Å². The third-order valence-corrected chi connectivity index (χ3v) is 6.68. The summed E-state index contributed by atoms with van der Waals surface area (Å²) in [5, 5.41) is 11.7. The van der Waals surface area contributed by atoms with Crippen LogP contribution in [0.3, 0.4) is 0 Å². The molecule has 3 unspecified atom stereocenters. The van der Waals surface area contributed by atoms with Gasteiger partial charge in [0, 0.05) is 42.8 Å². The summed E-state index contributed by atoms with van der Waals surface area (Å²) in [6.45, 7) is 3.81. The quantitative estimate of drug-likeness (QED) is 0.569. The summed E-state index contributed by atoms with van der Waals surface area (Å²) in [5.74, 6) is 0.446. The molecule has 32 heavy (non-hydrogen) atoms. The van der Waals surface area contributed by atoms with Crippen LogP contribution < -0.4 is 4.74 Å². The van der Waals surface area contributed by atoms with E-state index in [4.69, 9.17) is 4.74 Å². The Hall–Kier alpha value is -2.83. The second-order valence-electron chi connectivity index (χ2n) is 8.82. The van der Waals surface area contributed by atoms with Crippen LogP contribution in [0.5, 0.6) is 5.75 Å². The highest BCUT2D eigenvalue weighted by Gasteiger charge is 2.41. The maximum atomic E-state index is 13.4. The van der Waals surface area contributed by atoms with E-state index in [0.717, 1.165) is 29.7 Å². The zero-order valence-electron chi connectivity index (χ0n) is 19.1. The van der Waals surface area contributed by atoms with Gasteiger partial charge in [-0.2, -0.15) is 0 Å². The zero-order chi connectivity index (χ0) is 22.7. The number of rotatable bonds is 8. The van der Waals surface area contributed by atoms with E-state index in [0.29, 0.717) is 19.6 Å². The Morgan fingerprint density at radius 1 is 1.25 bits per heavy atom. The van der Waals surface area contributed by atoms with Crippen molar-refractivity contribution in [2.24, 2.45) is 5.92 Å². The number of para-hydroxylation sites is 1. The lowest BCUT2D eigenvalue weighted by molar-refractivity contribution is -0.147. The first-order chi connectivity index (χ1) is 15.5. The molecule has 0 bridgehead atoms. The van der Waals surface area contributed by atoms with Gasteiger partial charge in [0.1, 0.15) is 5.75 Å². The normalized spacial score (nSPS) is 20.2. The van der Waals surface area contributed by atoms with Crippen molar-refractivity contribution in [1.29, 1.82) is 0 Å². The number of nitrogens with zero attached hydrogens (tertiary/aromatic N) is 2. The highest BCUT2D eigenvalue weighted by atomic mass is 16.5. The number of benzene rings is 2. The van der Waals surface area contributed by atoms with Gasteiger partial charge in [-0.1, -0.05) is 30.3 Å². The highest BCUT2D eigenvalue weighted by molar-refractivity contribution is 5.83. The third kappa shape index (κ3) is 4.66.